The molecule has 0 saturated heterocycles. The van der Waals surface area contributed by atoms with E-state index in [1.54, 1.807) is 0 Å². The Morgan fingerprint density at radius 3 is 1.64 bits per heavy atom. The number of nitriles is 2. The summed E-state index contributed by atoms with van der Waals surface area (Å²) in [7, 11) is 0. The van der Waals surface area contributed by atoms with Gasteiger partial charge < -0.3 is 11.5 Å². The lowest BCUT2D eigenvalue weighted by Crippen LogP contribution is -2.30. The zero-order valence-corrected chi connectivity index (χ0v) is 8.09. The number of hydrogen-bond acceptors (Lipinski definition) is 4. The van der Waals surface area contributed by atoms with Gasteiger partial charge in [-0.15, -0.1) is 0 Å². The number of rotatable bonds is 1. The second-order valence-electron chi connectivity index (χ2n) is 1.96. The van der Waals surface area contributed by atoms with E-state index in [2.05, 4.69) is 35.4 Å². The smallest absolute Gasteiger partial charge is 0.173 e. The summed E-state index contributed by atoms with van der Waals surface area (Å²) in [6.07, 6.45) is 6.61. The van der Waals surface area contributed by atoms with E-state index in [4.69, 9.17) is 10.5 Å². The molecule has 0 saturated carbocycles. The van der Waals surface area contributed by atoms with Gasteiger partial charge in [-0.1, -0.05) is 6.07 Å². The highest BCUT2D eigenvalue weighted by Crippen LogP contribution is 1.74. The summed E-state index contributed by atoms with van der Waals surface area (Å²) < 4.78 is 2.12. The molecule has 0 aliphatic carbocycles. The molecule has 14 heavy (non-hydrogen) atoms. The number of nitrogens with two attached hydrogens (primary N) is 2. The topological polar surface area (TPSA) is 103 Å². The molecule has 74 valence electrons. The van der Waals surface area contributed by atoms with Crippen molar-refractivity contribution in [2.75, 3.05) is 0 Å². The third kappa shape index (κ3) is 12.4. The molecule has 0 unspecified atom stereocenters. The van der Waals surface area contributed by atoms with Crippen molar-refractivity contribution >= 4 is 0 Å². The highest BCUT2D eigenvalue weighted by molar-refractivity contribution is 4.83. The maximum Gasteiger partial charge on any atom is 0.173 e. The van der Waals surface area contributed by atoms with Gasteiger partial charge in [-0.3, -0.25) is 0 Å². The highest BCUT2D eigenvalue weighted by atomic mass is 14.9. The standard InChI is InChI=1S/C7H10N.2CH2N2/c1-2-8-6-4-3-5-7-8;2*2-1-3/h3-7H,2H2,1H3;2*2H2/q+1;;. The molecule has 1 rings (SSSR count). The van der Waals surface area contributed by atoms with Gasteiger partial charge in [0.15, 0.2) is 24.8 Å². The minimum Gasteiger partial charge on any atom is -0.337 e. The molecule has 0 fully saturated rings. The van der Waals surface area contributed by atoms with Crippen molar-refractivity contribution in [3.8, 4) is 12.4 Å². The number of nitrogens with zero attached hydrogens (tertiary/aromatic N) is 3. The van der Waals surface area contributed by atoms with E-state index >= 15 is 0 Å². The minimum atomic E-state index is 1.06. The molecule has 0 aliphatic heterocycles. The van der Waals surface area contributed by atoms with Gasteiger partial charge in [0.1, 0.15) is 6.54 Å². The second-order valence-corrected chi connectivity index (χ2v) is 1.96. The van der Waals surface area contributed by atoms with Crippen LogP contribution in [0.25, 0.3) is 0 Å². The summed E-state index contributed by atoms with van der Waals surface area (Å²) >= 11 is 0. The van der Waals surface area contributed by atoms with Crippen LogP contribution in [0.4, 0.5) is 0 Å². The van der Waals surface area contributed by atoms with Crippen LogP contribution in [0.2, 0.25) is 0 Å². The quantitative estimate of drug-likeness (QED) is 0.366. The van der Waals surface area contributed by atoms with Crippen LogP contribution in [0, 0.1) is 22.9 Å². The van der Waals surface area contributed by atoms with E-state index in [1.807, 2.05) is 18.2 Å². The van der Waals surface area contributed by atoms with Crippen LogP contribution >= 0.6 is 0 Å². The van der Waals surface area contributed by atoms with Crippen molar-refractivity contribution in [1.82, 2.24) is 0 Å². The van der Waals surface area contributed by atoms with Crippen molar-refractivity contribution in [3.05, 3.63) is 30.6 Å². The molecular formula is C9H14N5+. The maximum atomic E-state index is 7.10. The van der Waals surface area contributed by atoms with E-state index in [0.717, 1.165) is 6.54 Å². The van der Waals surface area contributed by atoms with Crippen LogP contribution in [0.3, 0.4) is 0 Å². The fourth-order valence-corrected chi connectivity index (χ4v) is 0.645. The highest BCUT2D eigenvalue weighted by Gasteiger charge is 1.86. The summed E-state index contributed by atoms with van der Waals surface area (Å²) in [4.78, 5) is 0. The maximum absolute atomic E-state index is 7.10. The molecule has 1 aromatic heterocycles. The van der Waals surface area contributed by atoms with Crippen molar-refractivity contribution in [1.29, 1.82) is 10.5 Å². The third-order valence-electron chi connectivity index (χ3n) is 1.14. The molecule has 5 nitrogen and oxygen atoms in total. The van der Waals surface area contributed by atoms with Crippen LogP contribution in [0.15, 0.2) is 30.6 Å². The van der Waals surface area contributed by atoms with Crippen molar-refractivity contribution in [2.45, 2.75) is 13.5 Å². The molecule has 4 N–H and O–H groups in total. The third-order valence-corrected chi connectivity index (χ3v) is 1.14. The van der Waals surface area contributed by atoms with Gasteiger partial charge in [-0.2, -0.15) is 10.5 Å². The van der Waals surface area contributed by atoms with Crippen LogP contribution in [0.5, 0.6) is 0 Å². The molecule has 1 aromatic rings. The van der Waals surface area contributed by atoms with Gasteiger partial charge >= 0.3 is 0 Å². The molecule has 0 spiro atoms. The Kier molecular flexibility index (Phi) is 13.6. The first-order valence-electron chi connectivity index (χ1n) is 3.90. The summed E-state index contributed by atoms with van der Waals surface area (Å²) in [6.45, 7) is 3.18. The van der Waals surface area contributed by atoms with E-state index in [0.29, 0.717) is 0 Å². The van der Waals surface area contributed by atoms with Gasteiger partial charge in [0, 0.05) is 12.1 Å². The lowest BCUT2D eigenvalue weighted by molar-refractivity contribution is -0.693. The van der Waals surface area contributed by atoms with Gasteiger partial charge in [-0.25, -0.2) is 4.57 Å². The predicted molar refractivity (Wildman–Crippen MR) is 51.9 cm³/mol. The Balaban J connectivity index is 0. The largest absolute Gasteiger partial charge is 0.337 e. The summed E-state index contributed by atoms with van der Waals surface area (Å²) in [5.41, 5.74) is 8.31. The number of hydrogen-bond donors (Lipinski definition) is 2. The van der Waals surface area contributed by atoms with E-state index in [9.17, 15) is 0 Å². The first-order valence-corrected chi connectivity index (χ1v) is 3.90. The Morgan fingerprint density at radius 1 is 1.07 bits per heavy atom. The van der Waals surface area contributed by atoms with Crippen LogP contribution < -0.4 is 16.0 Å². The number of aromatic nitrogens is 1. The second kappa shape index (κ2) is 13.3. The predicted octanol–water partition coefficient (Wildman–Crippen LogP) is -0.154. The zero-order chi connectivity index (χ0) is 11.2. The average molecular weight is 192 g/mol. The lowest BCUT2D eigenvalue weighted by atomic mass is 10.5. The number of pyridine rings is 1. The van der Waals surface area contributed by atoms with Gasteiger partial charge in [-0.05, 0) is 6.92 Å². The molecule has 0 amide bonds. The summed E-state index contributed by atoms with van der Waals surface area (Å²) in [5.74, 6) is 0. The number of aryl methyl sites for hydroxylation is 1. The van der Waals surface area contributed by atoms with E-state index in [-0.39, 0.29) is 0 Å². The molecular weight excluding hydrogens is 178 g/mol. The van der Waals surface area contributed by atoms with Crippen molar-refractivity contribution < 1.29 is 4.57 Å². The summed E-state index contributed by atoms with van der Waals surface area (Å²) in [5, 5.41) is 14.2. The molecule has 5 heteroatoms. The minimum absolute atomic E-state index is 1.06. The van der Waals surface area contributed by atoms with Gasteiger partial charge in [0.05, 0.1) is 0 Å². The van der Waals surface area contributed by atoms with E-state index < -0.39 is 0 Å². The average Bonchev–Trinajstić information content (AvgIpc) is 2.21. The van der Waals surface area contributed by atoms with Crippen LogP contribution in [-0.4, -0.2) is 0 Å². The van der Waals surface area contributed by atoms with Crippen LogP contribution in [0.1, 0.15) is 6.92 Å². The summed E-state index contributed by atoms with van der Waals surface area (Å²) in [6, 6.07) is 6.08. The Labute approximate surface area is 83.8 Å². The van der Waals surface area contributed by atoms with Gasteiger partial charge in [0.2, 0.25) is 0 Å². The zero-order valence-electron chi connectivity index (χ0n) is 8.09. The molecule has 0 atom stereocenters. The normalized spacial score (nSPS) is 6.21. The van der Waals surface area contributed by atoms with Crippen molar-refractivity contribution in [2.24, 2.45) is 11.5 Å². The lowest BCUT2D eigenvalue weighted by Gasteiger charge is -1.84. The van der Waals surface area contributed by atoms with Crippen LogP contribution in [-0.2, 0) is 6.54 Å². The fourth-order valence-electron chi connectivity index (χ4n) is 0.645. The van der Waals surface area contributed by atoms with Gasteiger partial charge in [0.25, 0.3) is 0 Å². The monoisotopic (exact) mass is 192 g/mol. The first-order chi connectivity index (χ1) is 6.76. The molecule has 0 aliphatic rings. The fraction of sp³-hybridized carbons (Fsp3) is 0.222. The Morgan fingerprint density at radius 2 is 1.43 bits per heavy atom. The molecule has 0 radical (unpaired) electrons. The Bertz CT molecular complexity index is 270. The SMILES string of the molecule is CC[n+]1ccccc1.N#CN.N#CN. The van der Waals surface area contributed by atoms with E-state index in [1.165, 1.54) is 12.4 Å². The van der Waals surface area contributed by atoms with Crippen molar-refractivity contribution in [3.63, 3.8) is 0 Å². The Hall–Kier alpha value is -2.27. The molecule has 1 heterocycles. The first kappa shape index (κ1) is 14.3. The molecule has 0 aromatic carbocycles. The molecule has 0 bridgehead atoms.